The molecule has 1 aliphatic rings. The van der Waals surface area contributed by atoms with Crippen LogP contribution < -0.4 is 5.32 Å². The van der Waals surface area contributed by atoms with Crippen LogP contribution in [-0.4, -0.2) is 30.4 Å². The highest BCUT2D eigenvalue weighted by molar-refractivity contribution is 5.92. The zero-order chi connectivity index (χ0) is 11.3. The minimum absolute atomic E-state index is 0.0971. The molecule has 1 unspecified atom stereocenters. The van der Waals surface area contributed by atoms with E-state index in [0.29, 0.717) is 26.1 Å². The first-order chi connectivity index (χ1) is 7.10. The Kier molecular flexibility index (Phi) is 4.27. The Hall–Kier alpha value is -0.900. The average molecular weight is 213 g/mol. The number of ketones is 1. The van der Waals surface area contributed by atoms with Crippen LogP contribution in [0, 0.1) is 0 Å². The molecular weight excluding hydrogens is 194 g/mol. The predicted molar refractivity (Wildman–Crippen MR) is 56.5 cm³/mol. The molecule has 0 bridgehead atoms. The Morgan fingerprint density at radius 1 is 1.47 bits per heavy atom. The second-order valence-electron chi connectivity index (χ2n) is 4.09. The molecule has 1 fully saturated rings. The first-order valence-electron chi connectivity index (χ1n) is 5.50. The van der Waals surface area contributed by atoms with Crippen molar-refractivity contribution >= 4 is 11.7 Å². The molecule has 0 aromatic carbocycles. The van der Waals surface area contributed by atoms with Gasteiger partial charge in [0.05, 0.1) is 6.61 Å². The zero-order valence-corrected chi connectivity index (χ0v) is 9.47. The summed E-state index contributed by atoms with van der Waals surface area (Å²) in [4.78, 5) is 23.1. The molecule has 1 atom stereocenters. The van der Waals surface area contributed by atoms with Crippen molar-refractivity contribution in [2.45, 2.75) is 45.1 Å². The van der Waals surface area contributed by atoms with Crippen LogP contribution in [0.5, 0.6) is 0 Å². The lowest BCUT2D eigenvalue weighted by atomic mass is 9.85. The summed E-state index contributed by atoms with van der Waals surface area (Å²) < 4.78 is 5.32. The van der Waals surface area contributed by atoms with Crippen molar-refractivity contribution in [1.29, 1.82) is 0 Å². The molecule has 1 rings (SSSR count). The minimum Gasteiger partial charge on any atom is -0.379 e. The smallest absolute Gasteiger partial charge is 0.217 e. The van der Waals surface area contributed by atoms with Gasteiger partial charge in [-0.1, -0.05) is 6.92 Å². The summed E-state index contributed by atoms with van der Waals surface area (Å²) >= 11 is 0. The van der Waals surface area contributed by atoms with E-state index in [4.69, 9.17) is 4.74 Å². The van der Waals surface area contributed by atoms with E-state index in [1.807, 2.05) is 6.92 Å². The summed E-state index contributed by atoms with van der Waals surface area (Å²) in [7, 11) is 0. The Morgan fingerprint density at radius 2 is 2.20 bits per heavy atom. The molecule has 15 heavy (non-hydrogen) atoms. The van der Waals surface area contributed by atoms with Crippen molar-refractivity contribution in [3.05, 3.63) is 0 Å². The zero-order valence-electron chi connectivity index (χ0n) is 9.47. The van der Waals surface area contributed by atoms with E-state index < -0.39 is 5.54 Å². The van der Waals surface area contributed by atoms with Gasteiger partial charge in [-0.25, -0.2) is 0 Å². The number of hydrogen-bond acceptors (Lipinski definition) is 3. The van der Waals surface area contributed by atoms with E-state index in [2.05, 4.69) is 5.32 Å². The van der Waals surface area contributed by atoms with Gasteiger partial charge in [-0.15, -0.1) is 0 Å². The van der Waals surface area contributed by atoms with Gasteiger partial charge in [0.1, 0.15) is 5.54 Å². The van der Waals surface area contributed by atoms with E-state index >= 15 is 0 Å². The van der Waals surface area contributed by atoms with Gasteiger partial charge in [0.25, 0.3) is 0 Å². The van der Waals surface area contributed by atoms with E-state index in [1.54, 1.807) is 0 Å². The molecule has 1 saturated heterocycles. The Morgan fingerprint density at radius 3 is 2.67 bits per heavy atom. The van der Waals surface area contributed by atoms with Crippen LogP contribution in [0.3, 0.4) is 0 Å². The highest BCUT2D eigenvalue weighted by Crippen LogP contribution is 2.22. The molecule has 0 aromatic rings. The number of amides is 1. The number of rotatable bonds is 4. The largest absolute Gasteiger partial charge is 0.379 e. The summed E-state index contributed by atoms with van der Waals surface area (Å²) in [5, 5.41) is 2.77. The topological polar surface area (TPSA) is 55.4 Å². The second-order valence-corrected chi connectivity index (χ2v) is 4.09. The fourth-order valence-corrected chi connectivity index (χ4v) is 1.99. The summed E-state index contributed by atoms with van der Waals surface area (Å²) in [6.45, 7) is 4.41. The maximum Gasteiger partial charge on any atom is 0.217 e. The fourth-order valence-electron chi connectivity index (χ4n) is 1.99. The monoisotopic (exact) mass is 213 g/mol. The second kappa shape index (κ2) is 5.26. The van der Waals surface area contributed by atoms with Crippen LogP contribution >= 0.6 is 0 Å². The van der Waals surface area contributed by atoms with Gasteiger partial charge in [0.15, 0.2) is 5.78 Å². The van der Waals surface area contributed by atoms with E-state index in [9.17, 15) is 9.59 Å². The first kappa shape index (κ1) is 12.2. The molecule has 0 aromatic heterocycles. The maximum absolute atomic E-state index is 12.0. The normalized spacial score (nSPS) is 26.0. The third-order valence-corrected chi connectivity index (χ3v) is 2.67. The molecule has 4 nitrogen and oxygen atoms in total. The van der Waals surface area contributed by atoms with Crippen LogP contribution in [0.2, 0.25) is 0 Å². The molecule has 4 heteroatoms. The number of nitrogens with one attached hydrogen (secondary N) is 1. The van der Waals surface area contributed by atoms with Gasteiger partial charge in [-0.3, -0.25) is 9.59 Å². The van der Waals surface area contributed by atoms with Crippen LogP contribution in [0.1, 0.15) is 39.5 Å². The van der Waals surface area contributed by atoms with Crippen molar-refractivity contribution in [1.82, 2.24) is 5.32 Å². The molecule has 1 aliphatic heterocycles. The van der Waals surface area contributed by atoms with E-state index in [0.717, 1.165) is 12.8 Å². The molecule has 0 radical (unpaired) electrons. The van der Waals surface area contributed by atoms with Crippen LogP contribution in [0.25, 0.3) is 0 Å². The molecule has 0 aliphatic carbocycles. The minimum atomic E-state index is -0.750. The SMILES string of the molecule is CCCC(=O)C1(NC(C)=O)CCCOC1. The molecule has 1 amide bonds. The van der Waals surface area contributed by atoms with Gasteiger partial charge >= 0.3 is 0 Å². The van der Waals surface area contributed by atoms with Crippen molar-refractivity contribution in [2.75, 3.05) is 13.2 Å². The lowest BCUT2D eigenvalue weighted by Gasteiger charge is -2.36. The van der Waals surface area contributed by atoms with Gasteiger partial charge in [-0.2, -0.15) is 0 Å². The standard InChI is InChI=1S/C11H19NO3/c1-3-5-10(14)11(12-9(2)13)6-4-7-15-8-11/h3-8H2,1-2H3,(H,12,13). The Balaban J connectivity index is 2.74. The van der Waals surface area contributed by atoms with Crippen molar-refractivity contribution in [3.8, 4) is 0 Å². The highest BCUT2D eigenvalue weighted by Gasteiger charge is 2.39. The average Bonchev–Trinajstić information content (AvgIpc) is 2.18. The van der Waals surface area contributed by atoms with Gasteiger partial charge < -0.3 is 10.1 Å². The summed E-state index contributed by atoms with van der Waals surface area (Å²) in [6.07, 6.45) is 2.84. The highest BCUT2D eigenvalue weighted by atomic mass is 16.5. The van der Waals surface area contributed by atoms with Crippen molar-refractivity contribution < 1.29 is 14.3 Å². The maximum atomic E-state index is 12.0. The van der Waals surface area contributed by atoms with E-state index in [-0.39, 0.29) is 11.7 Å². The van der Waals surface area contributed by atoms with Gasteiger partial charge in [0, 0.05) is 20.0 Å². The molecule has 0 saturated carbocycles. The summed E-state index contributed by atoms with van der Waals surface area (Å²) in [5.41, 5.74) is -0.750. The van der Waals surface area contributed by atoms with E-state index in [1.165, 1.54) is 6.92 Å². The lowest BCUT2D eigenvalue weighted by molar-refractivity contribution is -0.137. The third kappa shape index (κ3) is 3.02. The third-order valence-electron chi connectivity index (χ3n) is 2.67. The first-order valence-corrected chi connectivity index (χ1v) is 5.50. The lowest BCUT2D eigenvalue weighted by Crippen LogP contribution is -2.58. The fraction of sp³-hybridized carbons (Fsp3) is 0.818. The van der Waals surface area contributed by atoms with Crippen molar-refractivity contribution in [2.24, 2.45) is 0 Å². The van der Waals surface area contributed by atoms with Crippen LogP contribution in [0.15, 0.2) is 0 Å². The summed E-state index contributed by atoms with van der Waals surface area (Å²) in [6, 6.07) is 0. The Bertz CT molecular complexity index is 244. The van der Waals surface area contributed by atoms with Crippen LogP contribution in [-0.2, 0) is 14.3 Å². The van der Waals surface area contributed by atoms with Gasteiger partial charge in [-0.05, 0) is 19.3 Å². The van der Waals surface area contributed by atoms with Gasteiger partial charge in [0.2, 0.25) is 5.91 Å². The number of ether oxygens (including phenoxy) is 1. The molecule has 0 spiro atoms. The molecule has 1 N–H and O–H groups in total. The summed E-state index contributed by atoms with van der Waals surface area (Å²) in [5.74, 6) is -0.0650. The Labute approximate surface area is 90.4 Å². The van der Waals surface area contributed by atoms with Crippen LogP contribution in [0.4, 0.5) is 0 Å². The number of carbonyl (C=O) groups excluding carboxylic acids is 2. The quantitative estimate of drug-likeness (QED) is 0.759. The molecule has 86 valence electrons. The van der Waals surface area contributed by atoms with Crippen molar-refractivity contribution in [3.63, 3.8) is 0 Å². The predicted octanol–water partition coefficient (Wildman–Crippen LogP) is 1.04. The molecular formula is C11H19NO3. The molecule has 1 heterocycles. The number of carbonyl (C=O) groups is 2. The number of Topliss-reactive ketones (excluding diaryl/α,β-unsaturated/α-hetero) is 1. The number of hydrogen-bond donors (Lipinski definition) is 1.